The van der Waals surface area contributed by atoms with Crippen LogP contribution in [0.15, 0.2) is 18.2 Å². The second-order valence-electron chi connectivity index (χ2n) is 4.64. The summed E-state index contributed by atoms with van der Waals surface area (Å²) in [5, 5.41) is 10.8. The van der Waals surface area contributed by atoms with E-state index in [9.17, 15) is 14.9 Å². The molecule has 0 bridgehead atoms. The molecule has 0 radical (unpaired) electrons. The van der Waals surface area contributed by atoms with Gasteiger partial charge in [-0.2, -0.15) is 0 Å². The molecule has 6 nitrogen and oxygen atoms in total. The van der Waals surface area contributed by atoms with Crippen LogP contribution in [0.5, 0.6) is 0 Å². The Bertz CT molecular complexity index is 531. The number of nitro benzene ring substituents is 1. The summed E-state index contributed by atoms with van der Waals surface area (Å²) in [5.41, 5.74) is 0.332. The van der Waals surface area contributed by atoms with Crippen LogP contribution in [-0.2, 0) is 4.74 Å². The molecule has 1 aliphatic rings. The largest absolute Gasteiger partial charge is 0.383 e. The van der Waals surface area contributed by atoms with Gasteiger partial charge in [0.1, 0.15) is 0 Å². The Hall–Kier alpha value is -1.22. The fourth-order valence-electron chi connectivity index (χ4n) is 1.97. The number of nitrogens with zero attached hydrogens (tertiary/aromatic N) is 2. The molecule has 0 heterocycles. The molecular formula is C13H15IN2O4. The Morgan fingerprint density at radius 2 is 2.25 bits per heavy atom. The number of benzene rings is 1. The molecule has 0 aliphatic heterocycles. The molecule has 1 aliphatic carbocycles. The highest BCUT2D eigenvalue weighted by molar-refractivity contribution is 14.1. The van der Waals surface area contributed by atoms with Gasteiger partial charge in [0.05, 0.1) is 17.1 Å². The quantitative estimate of drug-likeness (QED) is 0.425. The van der Waals surface area contributed by atoms with E-state index in [1.54, 1.807) is 18.1 Å². The Morgan fingerprint density at radius 1 is 1.55 bits per heavy atom. The number of carbonyl (C=O) groups excluding carboxylic acids is 1. The van der Waals surface area contributed by atoms with E-state index in [0.29, 0.717) is 18.7 Å². The van der Waals surface area contributed by atoms with E-state index in [4.69, 9.17) is 4.74 Å². The third-order valence-corrected chi connectivity index (χ3v) is 4.12. The van der Waals surface area contributed by atoms with Crippen molar-refractivity contribution in [1.82, 2.24) is 4.90 Å². The molecule has 2 rings (SSSR count). The maximum atomic E-state index is 12.6. The number of non-ortho nitro benzene ring substituents is 1. The molecule has 0 aromatic heterocycles. The SMILES string of the molecule is COCCN(C(=O)c1cc([N+](=O)[O-])ccc1I)C1CC1. The predicted octanol–water partition coefficient (Wildman–Crippen LogP) is 2.45. The first-order chi connectivity index (χ1) is 9.54. The van der Waals surface area contributed by atoms with Gasteiger partial charge in [-0.15, -0.1) is 0 Å². The average molecular weight is 390 g/mol. The zero-order chi connectivity index (χ0) is 14.7. The molecule has 0 N–H and O–H groups in total. The van der Waals surface area contributed by atoms with Gasteiger partial charge < -0.3 is 9.64 Å². The smallest absolute Gasteiger partial charge is 0.270 e. The predicted molar refractivity (Wildman–Crippen MR) is 81.7 cm³/mol. The number of rotatable bonds is 6. The van der Waals surface area contributed by atoms with Crippen LogP contribution in [-0.4, -0.2) is 42.0 Å². The first-order valence-corrected chi connectivity index (χ1v) is 7.36. The van der Waals surface area contributed by atoms with Crippen LogP contribution in [0.25, 0.3) is 0 Å². The Morgan fingerprint density at radius 3 is 2.80 bits per heavy atom. The van der Waals surface area contributed by atoms with E-state index in [1.165, 1.54) is 12.1 Å². The van der Waals surface area contributed by atoms with Gasteiger partial charge in [0, 0.05) is 35.4 Å². The highest BCUT2D eigenvalue weighted by Gasteiger charge is 2.33. The van der Waals surface area contributed by atoms with Gasteiger partial charge in [0.2, 0.25) is 0 Å². The molecule has 1 saturated carbocycles. The lowest BCUT2D eigenvalue weighted by atomic mass is 10.1. The minimum absolute atomic E-state index is 0.0590. The molecule has 1 amide bonds. The van der Waals surface area contributed by atoms with Crippen LogP contribution in [0.1, 0.15) is 23.2 Å². The molecule has 1 aromatic rings. The number of nitro groups is 1. The summed E-state index contributed by atoms with van der Waals surface area (Å²) in [6.07, 6.45) is 1.97. The van der Waals surface area contributed by atoms with Crippen LogP contribution in [0.4, 0.5) is 5.69 Å². The summed E-state index contributed by atoms with van der Waals surface area (Å²) in [6, 6.07) is 4.61. The van der Waals surface area contributed by atoms with E-state index in [0.717, 1.165) is 16.4 Å². The number of carbonyl (C=O) groups is 1. The highest BCUT2D eigenvalue weighted by atomic mass is 127. The lowest BCUT2D eigenvalue weighted by molar-refractivity contribution is -0.384. The van der Waals surface area contributed by atoms with Crippen molar-refractivity contribution in [2.45, 2.75) is 18.9 Å². The summed E-state index contributed by atoms with van der Waals surface area (Å²) < 4.78 is 5.75. The Balaban J connectivity index is 2.25. The van der Waals surface area contributed by atoms with Gasteiger partial charge in [-0.1, -0.05) is 0 Å². The van der Waals surface area contributed by atoms with Gasteiger partial charge in [0.15, 0.2) is 0 Å². The minimum Gasteiger partial charge on any atom is -0.383 e. The number of amides is 1. The molecule has 1 fully saturated rings. The molecule has 20 heavy (non-hydrogen) atoms. The second-order valence-corrected chi connectivity index (χ2v) is 5.81. The minimum atomic E-state index is -0.483. The summed E-state index contributed by atoms with van der Waals surface area (Å²) in [6.45, 7) is 0.979. The van der Waals surface area contributed by atoms with E-state index in [2.05, 4.69) is 0 Å². The van der Waals surface area contributed by atoms with Gasteiger partial charge >= 0.3 is 0 Å². The molecule has 7 heteroatoms. The van der Waals surface area contributed by atoms with Crippen LogP contribution in [0, 0.1) is 13.7 Å². The highest BCUT2D eigenvalue weighted by Crippen LogP contribution is 2.30. The zero-order valence-corrected chi connectivity index (χ0v) is 13.2. The standard InChI is InChI=1S/C13H15IN2O4/c1-20-7-6-15(9-2-3-9)13(17)11-8-10(16(18)19)4-5-12(11)14/h4-5,8-9H,2-3,6-7H2,1H3. The van der Waals surface area contributed by atoms with Gasteiger partial charge in [-0.3, -0.25) is 14.9 Å². The van der Waals surface area contributed by atoms with E-state index < -0.39 is 4.92 Å². The molecule has 108 valence electrons. The van der Waals surface area contributed by atoms with Crippen molar-refractivity contribution in [3.8, 4) is 0 Å². The van der Waals surface area contributed by atoms with Crippen molar-refractivity contribution in [3.63, 3.8) is 0 Å². The molecule has 0 spiro atoms. The maximum absolute atomic E-state index is 12.6. The lowest BCUT2D eigenvalue weighted by Gasteiger charge is -2.22. The van der Waals surface area contributed by atoms with Crippen LogP contribution in [0.2, 0.25) is 0 Å². The fraction of sp³-hybridized carbons (Fsp3) is 0.462. The number of halogens is 1. The Kier molecular flexibility index (Phi) is 4.92. The molecule has 0 saturated heterocycles. The average Bonchev–Trinajstić information content (AvgIpc) is 3.23. The van der Waals surface area contributed by atoms with Crippen molar-refractivity contribution in [2.24, 2.45) is 0 Å². The van der Waals surface area contributed by atoms with Crippen molar-refractivity contribution in [3.05, 3.63) is 37.4 Å². The second kappa shape index (κ2) is 6.49. The molecule has 1 aromatic carbocycles. The lowest BCUT2D eigenvalue weighted by Crippen LogP contribution is -2.36. The number of ether oxygens (including phenoxy) is 1. The summed E-state index contributed by atoms with van der Waals surface area (Å²) in [4.78, 5) is 24.7. The summed E-state index contributed by atoms with van der Waals surface area (Å²) >= 11 is 2.03. The summed E-state index contributed by atoms with van der Waals surface area (Å²) in [5.74, 6) is -0.155. The normalized spacial score (nSPS) is 14.1. The Labute approximate surface area is 130 Å². The first kappa shape index (κ1) is 15.2. The molecule has 0 atom stereocenters. The molecular weight excluding hydrogens is 375 g/mol. The number of methoxy groups -OCH3 is 1. The van der Waals surface area contributed by atoms with Crippen molar-refractivity contribution in [2.75, 3.05) is 20.3 Å². The fourth-order valence-corrected chi connectivity index (χ4v) is 2.54. The zero-order valence-electron chi connectivity index (χ0n) is 11.0. The van der Waals surface area contributed by atoms with Gasteiger partial charge in [0.25, 0.3) is 11.6 Å². The van der Waals surface area contributed by atoms with E-state index in [1.807, 2.05) is 22.6 Å². The maximum Gasteiger partial charge on any atom is 0.270 e. The van der Waals surface area contributed by atoms with E-state index in [-0.39, 0.29) is 17.6 Å². The van der Waals surface area contributed by atoms with Gasteiger partial charge in [-0.25, -0.2) is 0 Å². The third-order valence-electron chi connectivity index (χ3n) is 3.18. The topological polar surface area (TPSA) is 72.7 Å². The van der Waals surface area contributed by atoms with Crippen molar-refractivity contribution in [1.29, 1.82) is 0 Å². The third kappa shape index (κ3) is 3.45. The monoisotopic (exact) mass is 390 g/mol. The first-order valence-electron chi connectivity index (χ1n) is 6.28. The molecule has 0 unspecified atom stereocenters. The summed E-state index contributed by atoms with van der Waals surface area (Å²) in [7, 11) is 1.59. The van der Waals surface area contributed by atoms with Crippen molar-refractivity contribution >= 4 is 34.2 Å². The van der Waals surface area contributed by atoms with E-state index >= 15 is 0 Å². The van der Waals surface area contributed by atoms with Crippen molar-refractivity contribution < 1.29 is 14.5 Å². The van der Waals surface area contributed by atoms with Crippen LogP contribution >= 0.6 is 22.6 Å². The number of hydrogen-bond acceptors (Lipinski definition) is 4. The number of hydrogen-bond donors (Lipinski definition) is 0. The van der Waals surface area contributed by atoms with Gasteiger partial charge in [-0.05, 0) is 41.5 Å². The van der Waals surface area contributed by atoms with Crippen LogP contribution in [0.3, 0.4) is 0 Å². The van der Waals surface area contributed by atoms with Crippen LogP contribution < -0.4 is 0 Å².